The van der Waals surface area contributed by atoms with Crippen LogP contribution in [0.2, 0.25) is 0 Å². The van der Waals surface area contributed by atoms with Crippen molar-refractivity contribution in [3.8, 4) is 5.75 Å². The predicted octanol–water partition coefficient (Wildman–Crippen LogP) is 11.0. The van der Waals surface area contributed by atoms with Crippen LogP contribution >= 0.6 is 0 Å². The van der Waals surface area contributed by atoms with Gasteiger partial charge in [0.05, 0.1) is 12.5 Å². The van der Waals surface area contributed by atoms with E-state index < -0.39 is 11.9 Å². The van der Waals surface area contributed by atoms with Crippen LogP contribution in [0.1, 0.15) is 179 Å². The summed E-state index contributed by atoms with van der Waals surface area (Å²) in [4.78, 5) is 23.8. The lowest BCUT2D eigenvalue weighted by molar-refractivity contribution is -0.148. The summed E-state index contributed by atoms with van der Waals surface area (Å²) in [6.45, 7) is 10.7. The highest BCUT2D eigenvalue weighted by molar-refractivity contribution is 5.70. The van der Waals surface area contributed by atoms with Crippen LogP contribution in [0.5, 0.6) is 5.75 Å². The molecule has 5 heteroatoms. The first-order valence-electron chi connectivity index (χ1n) is 17.8. The molecule has 1 aromatic rings. The zero-order chi connectivity index (χ0) is 31.9. The lowest BCUT2D eigenvalue weighted by Crippen LogP contribution is -2.17. The molecule has 0 heterocycles. The molecule has 0 aromatic heterocycles. The molecule has 1 atom stereocenters. The summed E-state index contributed by atoms with van der Waals surface area (Å²) in [7, 11) is 0. The first kappa shape index (κ1) is 39.0. The van der Waals surface area contributed by atoms with Gasteiger partial charge in [-0.05, 0) is 61.1 Å². The fourth-order valence-electron chi connectivity index (χ4n) is 5.89. The normalized spacial score (nSPS) is 12.4. The van der Waals surface area contributed by atoms with E-state index >= 15 is 0 Å². The van der Waals surface area contributed by atoms with Gasteiger partial charge in [-0.15, -0.1) is 0 Å². The highest BCUT2D eigenvalue weighted by atomic mass is 16.5. The molecule has 1 rings (SSSR count). The second kappa shape index (κ2) is 23.4. The summed E-state index contributed by atoms with van der Waals surface area (Å²) < 4.78 is 5.36. The molecule has 0 fully saturated rings. The summed E-state index contributed by atoms with van der Waals surface area (Å²) in [5.74, 6) is -1.09. The van der Waals surface area contributed by atoms with Gasteiger partial charge in [0, 0.05) is 6.42 Å². The zero-order valence-electron chi connectivity index (χ0n) is 28.6. The number of esters is 1. The predicted molar refractivity (Wildman–Crippen MR) is 180 cm³/mol. The maximum atomic E-state index is 12.1. The summed E-state index contributed by atoms with van der Waals surface area (Å²) in [6.07, 6.45) is 24.5. The molecule has 0 radical (unpaired) electrons. The summed E-state index contributed by atoms with van der Waals surface area (Å²) >= 11 is 0. The van der Waals surface area contributed by atoms with Crippen molar-refractivity contribution in [1.82, 2.24) is 0 Å². The van der Waals surface area contributed by atoms with Gasteiger partial charge in [0.1, 0.15) is 5.75 Å². The minimum atomic E-state index is -0.803. The molecular formula is C38H66O5. The Labute approximate surface area is 264 Å². The van der Waals surface area contributed by atoms with Crippen molar-refractivity contribution in [3.63, 3.8) is 0 Å². The molecule has 248 valence electrons. The molecule has 0 aliphatic rings. The molecule has 0 aliphatic heterocycles. The molecule has 0 saturated carbocycles. The standard InChI is InChI=1S/C38H66O5/c1-6-7-8-9-10-11-12-13-14-15-16-17-18-19-23-26-35(39)43-28-27-33(37(41)42)25-22-20-21-24-32-29-31(2)36(40)34(30-32)38(3,4)5/h29-30,33,40H,6-28H2,1-5H3,(H,41,42). The smallest absolute Gasteiger partial charge is 0.306 e. The van der Waals surface area contributed by atoms with Gasteiger partial charge in [-0.1, -0.05) is 143 Å². The Morgan fingerprint density at radius 2 is 1.26 bits per heavy atom. The number of carboxylic acids is 1. The highest BCUT2D eigenvalue weighted by Crippen LogP contribution is 2.34. The quantitative estimate of drug-likeness (QED) is 0.0814. The van der Waals surface area contributed by atoms with Gasteiger partial charge < -0.3 is 14.9 Å². The number of phenolic OH excluding ortho intramolecular Hbond substituents is 1. The van der Waals surface area contributed by atoms with Crippen molar-refractivity contribution >= 4 is 11.9 Å². The summed E-state index contributed by atoms with van der Waals surface area (Å²) in [5, 5.41) is 20.1. The van der Waals surface area contributed by atoms with E-state index in [9.17, 15) is 19.8 Å². The molecule has 1 aromatic carbocycles. The number of carboxylic acid groups (broad SMARTS) is 1. The Morgan fingerprint density at radius 1 is 0.744 bits per heavy atom. The van der Waals surface area contributed by atoms with E-state index in [1.807, 2.05) is 6.92 Å². The van der Waals surface area contributed by atoms with Crippen molar-refractivity contribution in [1.29, 1.82) is 0 Å². The van der Waals surface area contributed by atoms with Crippen LogP contribution in [0.4, 0.5) is 0 Å². The SMILES string of the molecule is CCCCCCCCCCCCCCCCCC(=O)OCCC(CCCCCc1cc(C)c(O)c(C(C)(C)C)c1)C(=O)O. The van der Waals surface area contributed by atoms with Crippen molar-refractivity contribution in [2.75, 3.05) is 6.61 Å². The van der Waals surface area contributed by atoms with Gasteiger partial charge >= 0.3 is 11.9 Å². The number of unbranched alkanes of at least 4 members (excludes halogenated alkanes) is 16. The van der Waals surface area contributed by atoms with Crippen molar-refractivity contribution in [3.05, 3.63) is 28.8 Å². The minimum Gasteiger partial charge on any atom is -0.507 e. The molecule has 0 aliphatic carbocycles. The van der Waals surface area contributed by atoms with Crippen LogP contribution in [-0.2, 0) is 26.2 Å². The third-order valence-corrected chi connectivity index (χ3v) is 8.75. The number of aryl methyl sites for hydroxylation is 2. The number of phenols is 1. The number of ether oxygens (including phenoxy) is 1. The number of hydrogen-bond donors (Lipinski definition) is 2. The van der Waals surface area contributed by atoms with E-state index in [-0.39, 0.29) is 18.0 Å². The Bertz CT molecular complexity index is 885. The third-order valence-electron chi connectivity index (χ3n) is 8.75. The third kappa shape index (κ3) is 19.1. The Kier molecular flexibility index (Phi) is 21.2. The van der Waals surface area contributed by atoms with Crippen LogP contribution in [0, 0.1) is 12.8 Å². The summed E-state index contributed by atoms with van der Waals surface area (Å²) in [5.41, 5.74) is 2.98. The van der Waals surface area contributed by atoms with Gasteiger partial charge in [0.2, 0.25) is 0 Å². The van der Waals surface area contributed by atoms with Crippen LogP contribution in [0.15, 0.2) is 12.1 Å². The van der Waals surface area contributed by atoms with Crippen molar-refractivity contribution in [2.24, 2.45) is 5.92 Å². The van der Waals surface area contributed by atoms with E-state index in [1.54, 1.807) is 0 Å². The second-order valence-corrected chi connectivity index (χ2v) is 13.9. The number of rotatable bonds is 26. The van der Waals surface area contributed by atoms with Gasteiger partial charge in [-0.25, -0.2) is 0 Å². The molecule has 2 N–H and O–H groups in total. The van der Waals surface area contributed by atoms with Gasteiger partial charge in [0.15, 0.2) is 0 Å². The number of carbonyl (C=O) groups is 2. The lowest BCUT2D eigenvalue weighted by atomic mass is 9.83. The summed E-state index contributed by atoms with van der Waals surface area (Å²) in [6, 6.07) is 4.16. The first-order valence-corrected chi connectivity index (χ1v) is 17.8. The largest absolute Gasteiger partial charge is 0.507 e. The fourth-order valence-corrected chi connectivity index (χ4v) is 5.89. The average molecular weight is 603 g/mol. The molecule has 0 bridgehead atoms. The Hall–Kier alpha value is -2.04. The van der Waals surface area contributed by atoms with E-state index in [0.717, 1.165) is 49.7 Å². The number of aromatic hydroxyl groups is 1. The molecule has 1 unspecified atom stereocenters. The molecule has 0 amide bonds. The number of benzene rings is 1. The maximum absolute atomic E-state index is 12.1. The van der Waals surface area contributed by atoms with Crippen LogP contribution in [-0.4, -0.2) is 28.8 Å². The highest BCUT2D eigenvalue weighted by Gasteiger charge is 2.20. The fraction of sp³-hybridized carbons (Fsp3) is 0.789. The van der Waals surface area contributed by atoms with Crippen LogP contribution in [0.3, 0.4) is 0 Å². The van der Waals surface area contributed by atoms with Crippen molar-refractivity contribution in [2.45, 2.75) is 181 Å². The van der Waals surface area contributed by atoms with Gasteiger partial charge in [-0.3, -0.25) is 9.59 Å². The zero-order valence-corrected chi connectivity index (χ0v) is 28.6. The average Bonchev–Trinajstić information content (AvgIpc) is 2.94. The second-order valence-electron chi connectivity index (χ2n) is 13.9. The molecular weight excluding hydrogens is 536 g/mol. The topological polar surface area (TPSA) is 83.8 Å². The molecule has 43 heavy (non-hydrogen) atoms. The van der Waals surface area contributed by atoms with E-state index in [4.69, 9.17) is 4.74 Å². The molecule has 5 nitrogen and oxygen atoms in total. The Balaban J connectivity index is 2.07. The maximum Gasteiger partial charge on any atom is 0.306 e. The number of hydrogen-bond acceptors (Lipinski definition) is 4. The van der Waals surface area contributed by atoms with Gasteiger partial charge in [-0.2, -0.15) is 0 Å². The lowest BCUT2D eigenvalue weighted by Gasteiger charge is -2.22. The molecule has 0 saturated heterocycles. The van der Waals surface area contributed by atoms with Crippen LogP contribution < -0.4 is 0 Å². The number of carbonyl (C=O) groups excluding carboxylic acids is 1. The minimum absolute atomic E-state index is 0.116. The van der Waals surface area contributed by atoms with E-state index in [0.29, 0.717) is 25.0 Å². The van der Waals surface area contributed by atoms with E-state index in [1.165, 1.54) is 89.0 Å². The first-order chi connectivity index (χ1) is 20.6. The Morgan fingerprint density at radius 3 is 1.77 bits per heavy atom. The van der Waals surface area contributed by atoms with Crippen molar-refractivity contribution < 1.29 is 24.5 Å². The van der Waals surface area contributed by atoms with Crippen LogP contribution in [0.25, 0.3) is 0 Å². The van der Waals surface area contributed by atoms with Gasteiger partial charge in [0.25, 0.3) is 0 Å². The number of aliphatic carboxylic acids is 1. The van der Waals surface area contributed by atoms with E-state index in [2.05, 4.69) is 39.8 Å². The molecule has 0 spiro atoms. The monoisotopic (exact) mass is 602 g/mol.